The Labute approximate surface area is 204 Å². The van der Waals surface area contributed by atoms with Gasteiger partial charge < -0.3 is 19.5 Å². The smallest absolute Gasteiger partial charge is 0.338 e. The number of rotatable bonds is 10. The van der Waals surface area contributed by atoms with Crippen LogP contribution in [0.3, 0.4) is 0 Å². The number of hydrogen-bond donors (Lipinski definition) is 1. The first-order valence-corrected chi connectivity index (χ1v) is 12.1. The lowest BCUT2D eigenvalue weighted by Gasteiger charge is -2.26. The van der Waals surface area contributed by atoms with Gasteiger partial charge in [0.05, 0.1) is 37.0 Å². The lowest BCUT2D eigenvalue weighted by Crippen LogP contribution is -2.38. The highest BCUT2D eigenvalue weighted by Gasteiger charge is 2.29. The maximum atomic E-state index is 13.5. The van der Waals surface area contributed by atoms with Gasteiger partial charge in [-0.05, 0) is 55.5 Å². The normalized spacial score (nSPS) is 10.8. The first kappa shape index (κ1) is 25.6. The SMILES string of the molecule is CCOC(=O)c1ccc(NC(=O)CN(c2ccc(OC)cc2OC)S(=O)(=O)c2ccccc2)cc1. The Balaban J connectivity index is 1.92. The van der Waals surface area contributed by atoms with Crippen molar-refractivity contribution in [1.82, 2.24) is 0 Å². The summed E-state index contributed by atoms with van der Waals surface area (Å²) >= 11 is 0. The zero-order chi connectivity index (χ0) is 25.4. The number of hydrogen-bond acceptors (Lipinski definition) is 7. The van der Waals surface area contributed by atoms with Crippen LogP contribution in [0.4, 0.5) is 11.4 Å². The van der Waals surface area contributed by atoms with Gasteiger partial charge in [-0.15, -0.1) is 0 Å². The van der Waals surface area contributed by atoms with Gasteiger partial charge in [0.25, 0.3) is 10.0 Å². The van der Waals surface area contributed by atoms with E-state index >= 15 is 0 Å². The molecule has 0 unspecified atom stereocenters. The number of benzene rings is 3. The van der Waals surface area contributed by atoms with Gasteiger partial charge in [0, 0.05) is 11.8 Å². The summed E-state index contributed by atoms with van der Waals surface area (Å²) in [6.45, 7) is 1.43. The molecule has 9 nitrogen and oxygen atoms in total. The first-order valence-electron chi connectivity index (χ1n) is 10.7. The molecule has 0 aliphatic rings. The van der Waals surface area contributed by atoms with Crippen LogP contribution < -0.4 is 19.1 Å². The number of amides is 1. The monoisotopic (exact) mass is 498 g/mol. The Hall–Kier alpha value is -4.05. The molecule has 0 aromatic heterocycles. The number of methoxy groups -OCH3 is 2. The Morgan fingerprint density at radius 1 is 0.914 bits per heavy atom. The topological polar surface area (TPSA) is 111 Å². The molecule has 0 fully saturated rings. The van der Waals surface area contributed by atoms with E-state index in [-0.39, 0.29) is 22.9 Å². The predicted octanol–water partition coefficient (Wildman–Crippen LogP) is 3.71. The van der Waals surface area contributed by atoms with E-state index in [4.69, 9.17) is 14.2 Å². The van der Waals surface area contributed by atoms with Crippen molar-refractivity contribution in [3.05, 3.63) is 78.4 Å². The van der Waals surface area contributed by atoms with Crippen LogP contribution in [0.25, 0.3) is 0 Å². The number of anilines is 2. The molecule has 0 saturated carbocycles. The zero-order valence-electron chi connectivity index (χ0n) is 19.6. The average molecular weight is 499 g/mol. The van der Waals surface area contributed by atoms with Crippen LogP contribution in [-0.2, 0) is 19.6 Å². The summed E-state index contributed by atoms with van der Waals surface area (Å²) in [5, 5.41) is 2.66. The van der Waals surface area contributed by atoms with Gasteiger partial charge in [-0.2, -0.15) is 0 Å². The van der Waals surface area contributed by atoms with Crippen LogP contribution >= 0.6 is 0 Å². The van der Waals surface area contributed by atoms with E-state index in [1.165, 1.54) is 62.8 Å². The largest absolute Gasteiger partial charge is 0.497 e. The van der Waals surface area contributed by atoms with E-state index in [2.05, 4.69) is 5.32 Å². The minimum atomic E-state index is -4.13. The molecular weight excluding hydrogens is 472 g/mol. The lowest BCUT2D eigenvalue weighted by molar-refractivity contribution is -0.114. The van der Waals surface area contributed by atoms with Gasteiger partial charge in [-0.1, -0.05) is 18.2 Å². The summed E-state index contributed by atoms with van der Waals surface area (Å²) in [5.41, 5.74) is 0.896. The minimum absolute atomic E-state index is 0.0180. The fourth-order valence-electron chi connectivity index (χ4n) is 3.25. The molecule has 0 aliphatic carbocycles. The van der Waals surface area contributed by atoms with Gasteiger partial charge in [-0.25, -0.2) is 13.2 Å². The molecule has 3 aromatic carbocycles. The highest BCUT2D eigenvalue weighted by molar-refractivity contribution is 7.92. The summed E-state index contributed by atoms with van der Waals surface area (Å²) in [5.74, 6) is -0.382. The molecular formula is C25H26N2O7S. The molecule has 35 heavy (non-hydrogen) atoms. The highest BCUT2D eigenvalue weighted by Crippen LogP contribution is 2.35. The summed E-state index contributed by atoms with van der Waals surface area (Å²) in [6, 6.07) is 18.5. The molecule has 0 spiro atoms. The van der Waals surface area contributed by atoms with Crippen LogP contribution in [0, 0.1) is 0 Å². The van der Waals surface area contributed by atoms with Crippen molar-refractivity contribution in [2.24, 2.45) is 0 Å². The van der Waals surface area contributed by atoms with E-state index in [0.29, 0.717) is 17.0 Å². The molecule has 1 N–H and O–H groups in total. The van der Waals surface area contributed by atoms with Crippen LogP contribution in [0.2, 0.25) is 0 Å². The Morgan fingerprint density at radius 2 is 1.60 bits per heavy atom. The van der Waals surface area contributed by atoms with Crippen LogP contribution in [0.5, 0.6) is 11.5 Å². The Kier molecular flexibility index (Phi) is 8.32. The molecule has 0 heterocycles. The van der Waals surface area contributed by atoms with Gasteiger partial charge >= 0.3 is 5.97 Å². The number of nitrogens with one attached hydrogen (secondary N) is 1. The maximum Gasteiger partial charge on any atom is 0.338 e. The van der Waals surface area contributed by atoms with Gasteiger partial charge in [0.1, 0.15) is 18.0 Å². The van der Waals surface area contributed by atoms with Crippen molar-refractivity contribution in [3.63, 3.8) is 0 Å². The summed E-state index contributed by atoms with van der Waals surface area (Å²) in [4.78, 5) is 24.8. The zero-order valence-corrected chi connectivity index (χ0v) is 20.4. The number of nitrogens with zero attached hydrogens (tertiary/aromatic N) is 1. The van der Waals surface area contributed by atoms with Crippen molar-refractivity contribution in [3.8, 4) is 11.5 Å². The second-order valence-electron chi connectivity index (χ2n) is 7.21. The second kappa shape index (κ2) is 11.4. The van der Waals surface area contributed by atoms with Crippen LogP contribution in [0.15, 0.2) is 77.7 Å². The average Bonchev–Trinajstić information content (AvgIpc) is 2.88. The van der Waals surface area contributed by atoms with Crippen molar-refractivity contribution in [2.75, 3.05) is 37.0 Å². The number of ether oxygens (including phenoxy) is 3. The fraction of sp³-hybridized carbons (Fsp3) is 0.200. The van der Waals surface area contributed by atoms with Crippen molar-refractivity contribution >= 4 is 33.3 Å². The van der Waals surface area contributed by atoms with Crippen molar-refractivity contribution in [1.29, 1.82) is 0 Å². The van der Waals surface area contributed by atoms with Gasteiger partial charge in [0.15, 0.2) is 0 Å². The van der Waals surface area contributed by atoms with Gasteiger partial charge in [-0.3, -0.25) is 9.10 Å². The third kappa shape index (κ3) is 6.10. The fourth-order valence-corrected chi connectivity index (χ4v) is 4.70. The molecule has 10 heteroatoms. The van der Waals surface area contributed by atoms with Gasteiger partial charge in [0.2, 0.25) is 5.91 Å². The highest BCUT2D eigenvalue weighted by atomic mass is 32.2. The van der Waals surface area contributed by atoms with E-state index in [9.17, 15) is 18.0 Å². The molecule has 184 valence electrons. The molecule has 0 saturated heterocycles. The third-order valence-electron chi connectivity index (χ3n) is 4.95. The molecule has 0 atom stereocenters. The predicted molar refractivity (Wildman–Crippen MR) is 132 cm³/mol. The molecule has 1 amide bonds. The third-order valence-corrected chi connectivity index (χ3v) is 6.73. The standard InChI is InChI=1S/C25H26N2O7S/c1-4-34-25(29)18-10-12-19(13-11-18)26-24(28)17-27(35(30,31)21-8-6-5-7-9-21)22-15-14-20(32-2)16-23(22)33-3/h5-16H,4,17H2,1-3H3,(H,26,28). The number of esters is 1. The van der Waals surface area contributed by atoms with Crippen molar-refractivity contribution in [2.45, 2.75) is 11.8 Å². The summed E-state index contributed by atoms with van der Waals surface area (Å²) in [7, 11) is -1.25. The van der Waals surface area contributed by atoms with Crippen LogP contribution in [-0.4, -0.2) is 47.7 Å². The van der Waals surface area contributed by atoms with E-state index < -0.39 is 28.4 Å². The molecule has 3 rings (SSSR count). The number of carbonyl (C=O) groups excluding carboxylic acids is 2. The van der Waals surface area contributed by atoms with E-state index in [1.54, 1.807) is 31.2 Å². The quantitative estimate of drug-likeness (QED) is 0.424. The Morgan fingerprint density at radius 3 is 2.20 bits per heavy atom. The summed E-state index contributed by atoms with van der Waals surface area (Å²) in [6.07, 6.45) is 0. The summed E-state index contributed by atoms with van der Waals surface area (Å²) < 4.78 is 43.6. The second-order valence-corrected chi connectivity index (χ2v) is 9.07. The maximum absolute atomic E-state index is 13.5. The number of sulfonamides is 1. The minimum Gasteiger partial charge on any atom is -0.497 e. The number of carbonyl (C=O) groups is 2. The molecule has 3 aromatic rings. The lowest BCUT2D eigenvalue weighted by atomic mass is 10.2. The molecule has 0 bridgehead atoms. The van der Waals surface area contributed by atoms with E-state index in [1.807, 2.05) is 0 Å². The first-order chi connectivity index (χ1) is 16.8. The Bertz CT molecular complexity index is 1280. The molecule has 0 aliphatic heterocycles. The van der Waals surface area contributed by atoms with Crippen molar-refractivity contribution < 1.29 is 32.2 Å². The molecule has 0 radical (unpaired) electrons. The van der Waals surface area contributed by atoms with Crippen LogP contribution in [0.1, 0.15) is 17.3 Å². The van der Waals surface area contributed by atoms with E-state index in [0.717, 1.165) is 4.31 Å².